The SMILES string of the molecule is CCOC(=O)[C@H]1CC[C@H](OC(C(=O)Cc2cc(Cl)c(NC(=O)c3c[nH]c4ccccc34)cc2F)(N2CCCC2)N2C[C@@H](C)O[C@@H](C)C2)CC1. The Hall–Kier alpha value is -3.35. The van der Waals surface area contributed by atoms with Gasteiger partial charge >= 0.3 is 5.97 Å². The van der Waals surface area contributed by atoms with Gasteiger partial charge in [0.2, 0.25) is 5.85 Å². The molecule has 1 aromatic heterocycles. The molecule has 3 heterocycles. The van der Waals surface area contributed by atoms with Gasteiger partial charge < -0.3 is 24.5 Å². The summed E-state index contributed by atoms with van der Waals surface area (Å²) in [6, 6.07) is 9.99. The maximum Gasteiger partial charge on any atom is 0.308 e. The number of fused-ring (bicyclic) bond motifs is 1. The van der Waals surface area contributed by atoms with Crippen molar-refractivity contribution in [2.75, 3.05) is 38.1 Å². The van der Waals surface area contributed by atoms with Crippen LogP contribution in [0.25, 0.3) is 10.9 Å². The van der Waals surface area contributed by atoms with Crippen LogP contribution in [0.1, 0.15) is 75.2 Å². The highest BCUT2D eigenvalue weighted by Crippen LogP contribution is 2.38. The first kappa shape index (κ1) is 35.5. The van der Waals surface area contributed by atoms with Crippen LogP contribution in [0.2, 0.25) is 5.02 Å². The van der Waals surface area contributed by atoms with Gasteiger partial charge in [0, 0.05) is 49.7 Å². The Balaban J connectivity index is 1.27. The zero-order valence-electron chi connectivity index (χ0n) is 28.4. The minimum Gasteiger partial charge on any atom is -0.466 e. The molecule has 2 N–H and O–H groups in total. The fourth-order valence-electron chi connectivity index (χ4n) is 7.68. The fourth-order valence-corrected chi connectivity index (χ4v) is 7.91. The maximum atomic E-state index is 15.9. The molecule has 264 valence electrons. The van der Waals surface area contributed by atoms with E-state index in [0.29, 0.717) is 64.0 Å². The first-order valence-electron chi connectivity index (χ1n) is 17.5. The minimum atomic E-state index is -1.45. The van der Waals surface area contributed by atoms with Crippen LogP contribution in [0, 0.1) is 11.7 Å². The summed E-state index contributed by atoms with van der Waals surface area (Å²) in [5, 5.41) is 3.59. The van der Waals surface area contributed by atoms with Gasteiger partial charge in [-0.3, -0.25) is 24.2 Å². The molecule has 3 fully saturated rings. The molecule has 0 spiro atoms. The molecule has 49 heavy (non-hydrogen) atoms. The Labute approximate surface area is 291 Å². The summed E-state index contributed by atoms with van der Waals surface area (Å²) < 4.78 is 34.3. The van der Waals surface area contributed by atoms with Gasteiger partial charge in [0.1, 0.15) is 5.82 Å². The summed E-state index contributed by atoms with van der Waals surface area (Å²) >= 11 is 6.65. The number of esters is 1. The largest absolute Gasteiger partial charge is 0.466 e. The van der Waals surface area contributed by atoms with E-state index in [4.69, 9.17) is 25.8 Å². The van der Waals surface area contributed by atoms with E-state index in [1.54, 1.807) is 13.1 Å². The lowest BCUT2D eigenvalue weighted by Crippen LogP contribution is -2.71. The number of halogens is 2. The van der Waals surface area contributed by atoms with Gasteiger partial charge in [-0.05, 0) is 83.1 Å². The number of benzene rings is 2. The molecule has 2 aromatic carbocycles. The second kappa shape index (κ2) is 15.3. The summed E-state index contributed by atoms with van der Waals surface area (Å²) in [6.07, 6.45) is 5.02. The maximum absolute atomic E-state index is 15.9. The van der Waals surface area contributed by atoms with E-state index in [9.17, 15) is 14.4 Å². The number of hydrogen-bond acceptors (Lipinski definition) is 8. The number of para-hydroxylation sites is 1. The first-order valence-corrected chi connectivity index (χ1v) is 17.9. The molecular weight excluding hydrogens is 651 g/mol. The number of hydrogen-bond donors (Lipinski definition) is 2. The number of anilines is 1. The molecule has 2 saturated heterocycles. The van der Waals surface area contributed by atoms with Crippen LogP contribution in [-0.4, -0.2) is 89.4 Å². The first-order chi connectivity index (χ1) is 23.6. The van der Waals surface area contributed by atoms with Crippen molar-refractivity contribution >= 4 is 45.9 Å². The molecule has 3 aliphatic rings. The Morgan fingerprint density at radius 3 is 2.43 bits per heavy atom. The van der Waals surface area contributed by atoms with Crippen molar-refractivity contribution in [3.8, 4) is 0 Å². The molecule has 1 aliphatic carbocycles. The number of aromatic amines is 1. The number of ether oxygens (including phenoxy) is 3. The van der Waals surface area contributed by atoms with Gasteiger partial charge in [0.25, 0.3) is 5.91 Å². The van der Waals surface area contributed by atoms with Crippen LogP contribution in [0.15, 0.2) is 42.6 Å². The van der Waals surface area contributed by atoms with Crippen LogP contribution in [0.4, 0.5) is 10.1 Å². The smallest absolute Gasteiger partial charge is 0.308 e. The number of carbonyl (C=O) groups is 3. The van der Waals surface area contributed by atoms with Crippen LogP contribution >= 0.6 is 11.6 Å². The van der Waals surface area contributed by atoms with E-state index in [1.165, 1.54) is 12.1 Å². The van der Waals surface area contributed by atoms with Crippen molar-refractivity contribution in [3.63, 3.8) is 0 Å². The number of amides is 1. The second-order valence-electron chi connectivity index (χ2n) is 13.5. The normalized spacial score (nSPS) is 24.8. The lowest BCUT2D eigenvalue weighted by atomic mass is 9.87. The molecule has 1 amide bonds. The zero-order valence-corrected chi connectivity index (χ0v) is 29.2. The van der Waals surface area contributed by atoms with E-state index in [2.05, 4.69) is 20.1 Å². The molecule has 6 rings (SSSR count). The van der Waals surface area contributed by atoms with E-state index in [1.807, 2.05) is 38.1 Å². The molecule has 12 heteroatoms. The van der Waals surface area contributed by atoms with Crippen LogP contribution in [0.5, 0.6) is 0 Å². The third-order valence-electron chi connectivity index (χ3n) is 9.94. The van der Waals surface area contributed by atoms with Gasteiger partial charge in [0.05, 0.1) is 47.1 Å². The number of Topliss-reactive ketones (excluding diaryl/α,β-unsaturated/α-hetero) is 1. The van der Waals surface area contributed by atoms with Gasteiger partial charge in [0.15, 0.2) is 5.78 Å². The molecular formula is C37H46ClFN4O6. The number of ketones is 1. The topological polar surface area (TPSA) is 113 Å². The Bertz CT molecular complexity index is 1660. The highest BCUT2D eigenvalue weighted by molar-refractivity contribution is 6.34. The highest BCUT2D eigenvalue weighted by atomic mass is 35.5. The number of carbonyl (C=O) groups excluding carboxylic acids is 3. The summed E-state index contributed by atoms with van der Waals surface area (Å²) in [5.74, 6) is -3.20. The summed E-state index contributed by atoms with van der Waals surface area (Å²) in [5.41, 5.74) is 1.44. The van der Waals surface area contributed by atoms with Crippen molar-refractivity contribution in [1.29, 1.82) is 0 Å². The van der Waals surface area contributed by atoms with E-state index in [0.717, 1.165) is 23.7 Å². The third-order valence-corrected chi connectivity index (χ3v) is 10.3. The lowest BCUT2D eigenvalue weighted by molar-refractivity contribution is -0.274. The summed E-state index contributed by atoms with van der Waals surface area (Å²) in [7, 11) is 0. The van der Waals surface area contributed by atoms with Gasteiger partial charge in [-0.25, -0.2) is 4.39 Å². The van der Waals surface area contributed by atoms with Gasteiger partial charge in [-0.15, -0.1) is 0 Å². The molecule has 3 atom stereocenters. The lowest BCUT2D eigenvalue weighted by Gasteiger charge is -2.52. The predicted molar refractivity (Wildman–Crippen MR) is 185 cm³/mol. The average molecular weight is 697 g/mol. The number of H-pyrrole nitrogens is 1. The monoisotopic (exact) mass is 696 g/mol. The third kappa shape index (κ3) is 7.56. The standard InChI is InChI=1S/C37H46ClFN4O6/c1-4-47-36(46)25-11-13-27(14-12-25)49-37(42-15-7-8-16-42,43-21-23(2)48-24(3)22-43)34(44)18-26-17-30(38)33(19-31(26)39)41-35(45)29-20-40-32-10-6-5-9-28(29)32/h5-6,9-10,17,19-20,23-25,27,40H,4,7-8,11-16,18,21-22H2,1-3H3,(H,41,45)/t23-,24+,25-,27-,37?. The van der Waals surface area contributed by atoms with E-state index in [-0.39, 0.29) is 58.7 Å². The molecule has 0 bridgehead atoms. The van der Waals surface area contributed by atoms with E-state index < -0.39 is 17.6 Å². The van der Waals surface area contributed by atoms with Gasteiger partial charge in [-0.2, -0.15) is 0 Å². The van der Waals surface area contributed by atoms with Crippen molar-refractivity contribution in [1.82, 2.24) is 14.8 Å². The Morgan fingerprint density at radius 2 is 1.73 bits per heavy atom. The fraction of sp³-hybridized carbons (Fsp3) is 0.541. The number of nitrogens with zero attached hydrogens (tertiary/aromatic N) is 2. The average Bonchev–Trinajstić information content (AvgIpc) is 3.77. The molecule has 1 saturated carbocycles. The molecule has 10 nitrogen and oxygen atoms in total. The summed E-state index contributed by atoms with van der Waals surface area (Å²) in [4.78, 5) is 47.8. The molecule has 2 aliphatic heterocycles. The van der Waals surface area contributed by atoms with Crippen LogP contribution in [-0.2, 0) is 30.2 Å². The van der Waals surface area contributed by atoms with Crippen molar-refractivity contribution in [3.05, 3.63) is 64.6 Å². The Morgan fingerprint density at radius 1 is 1.04 bits per heavy atom. The van der Waals surface area contributed by atoms with Crippen LogP contribution in [0.3, 0.4) is 0 Å². The van der Waals surface area contributed by atoms with Gasteiger partial charge in [-0.1, -0.05) is 29.8 Å². The molecule has 1 unspecified atom stereocenters. The number of morpholine rings is 1. The van der Waals surface area contributed by atoms with Crippen molar-refractivity contribution in [2.45, 2.75) is 89.9 Å². The highest BCUT2D eigenvalue weighted by Gasteiger charge is 2.54. The van der Waals surface area contributed by atoms with E-state index >= 15 is 4.39 Å². The predicted octanol–water partition coefficient (Wildman–Crippen LogP) is 6.32. The quantitative estimate of drug-likeness (QED) is 0.224. The second-order valence-corrected chi connectivity index (χ2v) is 13.9. The number of nitrogens with one attached hydrogen (secondary N) is 2. The minimum absolute atomic E-state index is 0.113. The van der Waals surface area contributed by atoms with Crippen LogP contribution < -0.4 is 5.32 Å². The number of likely N-dealkylation sites (tertiary alicyclic amines) is 1. The number of aromatic nitrogens is 1. The summed E-state index contributed by atoms with van der Waals surface area (Å²) in [6.45, 7) is 8.35. The van der Waals surface area contributed by atoms with Crippen molar-refractivity contribution in [2.24, 2.45) is 5.92 Å². The molecule has 3 aromatic rings. The number of rotatable bonds is 11. The zero-order chi connectivity index (χ0) is 34.7. The molecule has 0 radical (unpaired) electrons. The Kier molecular flexibility index (Phi) is 11.1. The van der Waals surface area contributed by atoms with Crippen molar-refractivity contribution < 1.29 is 33.0 Å².